The Kier molecular flexibility index (Phi) is 2.34. The molecule has 0 amide bonds. The highest BCUT2D eigenvalue weighted by molar-refractivity contribution is 6.19. The average Bonchev–Trinajstić information content (AvgIpc) is 2.51. The van der Waals surface area contributed by atoms with E-state index in [9.17, 15) is 0 Å². The molecule has 0 heterocycles. The van der Waals surface area contributed by atoms with E-state index in [1.54, 1.807) is 0 Å². The number of hydrogen-bond acceptors (Lipinski definition) is 0. The molecule has 4 aromatic rings. The van der Waals surface area contributed by atoms with Crippen LogP contribution in [0.25, 0.3) is 32.3 Å². The zero-order valence-corrected chi connectivity index (χ0v) is 11.8. The first-order valence-corrected chi connectivity index (χ1v) is 7.07. The first-order chi connectivity index (χ1) is 9.77. The van der Waals surface area contributed by atoms with Crippen molar-refractivity contribution in [2.45, 2.75) is 13.8 Å². The van der Waals surface area contributed by atoms with Crippen molar-refractivity contribution >= 4 is 32.3 Å². The smallest absolute Gasteiger partial charge is 0.00670 e. The fourth-order valence-corrected chi connectivity index (χ4v) is 3.33. The lowest BCUT2D eigenvalue weighted by Gasteiger charge is -2.14. The zero-order valence-electron chi connectivity index (χ0n) is 11.8. The lowest BCUT2D eigenvalue weighted by atomic mass is 9.90. The average molecular weight is 256 g/mol. The van der Waals surface area contributed by atoms with Crippen LogP contribution in [0.5, 0.6) is 0 Å². The molecule has 0 aromatic heterocycles. The minimum absolute atomic E-state index is 1.32. The SMILES string of the molecule is Cc1c(C)c2c3ccccc3ccc2c2ccccc12. The number of benzene rings is 4. The van der Waals surface area contributed by atoms with E-state index in [4.69, 9.17) is 0 Å². The summed E-state index contributed by atoms with van der Waals surface area (Å²) >= 11 is 0. The summed E-state index contributed by atoms with van der Waals surface area (Å²) in [7, 11) is 0. The molecule has 0 saturated heterocycles. The summed E-state index contributed by atoms with van der Waals surface area (Å²) in [4.78, 5) is 0. The molecule has 0 nitrogen and oxygen atoms in total. The van der Waals surface area contributed by atoms with E-state index in [1.807, 2.05) is 0 Å². The minimum Gasteiger partial charge on any atom is -0.0616 e. The number of aryl methyl sites for hydroxylation is 2. The van der Waals surface area contributed by atoms with Gasteiger partial charge < -0.3 is 0 Å². The topological polar surface area (TPSA) is 0 Å². The zero-order chi connectivity index (χ0) is 13.7. The Morgan fingerprint density at radius 3 is 1.95 bits per heavy atom. The van der Waals surface area contributed by atoms with Gasteiger partial charge in [-0.3, -0.25) is 0 Å². The Hall–Kier alpha value is -2.34. The third-order valence-corrected chi connectivity index (χ3v) is 4.49. The first-order valence-electron chi connectivity index (χ1n) is 7.07. The van der Waals surface area contributed by atoms with Gasteiger partial charge in [-0.25, -0.2) is 0 Å². The van der Waals surface area contributed by atoms with Crippen molar-refractivity contribution in [1.82, 2.24) is 0 Å². The van der Waals surface area contributed by atoms with Crippen LogP contribution < -0.4 is 0 Å². The predicted molar refractivity (Wildman–Crippen MR) is 88.4 cm³/mol. The quantitative estimate of drug-likeness (QED) is 0.351. The van der Waals surface area contributed by atoms with Crippen molar-refractivity contribution in [3.05, 3.63) is 71.8 Å². The van der Waals surface area contributed by atoms with Gasteiger partial charge in [0.25, 0.3) is 0 Å². The van der Waals surface area contributed by atoms with Gasteiger partial charge in [-0.2, -0.15) is 0 Å². The van der Waals surface area contributed by atoms with Crippen LogP contribution in [0.15, 0.2) is 60.7 Å². The Morgan fingerprint density at radius 1 is 0.500 bits per heavy atom. The second kappa shape index (κ2) is 4.08. The Bertz CT molecular complexity index is 956. The lowest BCUT2D eigenvalue weighted by molar-refractivity contribution is 1.42. The molecule has 0 atom stereocenters. The van der Waals surface area contributed by atoms with Crippen molar-refractivity contribution in [2.75, 3.05) is 0 Å². The fourth-order valence-electron chi connectivity index (χ4n) is 3.33. The summed E-state index contributed by atoms with van der Waals surface area (Å²) in [6.07, 6.45) is 0. The number of rotatable bonds is 0. The fraction of sp³-hybridized carbons (Fsp3) is 0.100. The molecule has 0 N–H and O–H groups in total. The standard InChI is InChI=1S/C20H16/c1-13-14(2)20-17-9-4-3-7-15(17)11-12-19(20)18-10-6-5-8-16(13)18/h3-12H,1-2H3. The molecule has 4 aromatic carbocycles. The van der Waals surface area contributed by atoms with Crippen molar-refractivity contribution < 1.29 is 0 Å². The normalized spacial score (nSPS) is 11.5. The van der Waals surface area contributed by atoms with Gasteiger partial charge in [0.1, 0.15) is 0 Å². The summed E-state index contributed by atoms with van der Waals surface area (Å²) in [6.45, 7) is 4.48. The molecular formula is C20H16. The van der Waals surface area contributed by atoms with Crippen LogP contribution in [0.4, 0.5) is 0 Å². The monoisotopic (exact) mass is 256 g/mol. The Morgan fingerprint density at radius 2 is 1.15 bits per heavy atom. The van der Waals surface area contributed by atoms with E-state index < -0.39 is 0 Å². The Labute approximate surface area is 118 Å². The van der Waals surface area contributed by atoms with E-state index in [1.165, 1.54) is 43.4 Å². The molecule has 0 fully saturated rings. The molecule has 4 rings (SSSR count). The van der Waals surface area contributed by atoms with Crippen LogP contribution in [-0.2, 0) is 0 Å². The highest BCUT2D eigenvalue weighted by atomic mass is 14.1. The molecule has 0 unspecified atom stereocenters. The third-order valence-electron chi connectivity index (χ3n) is 4.49. The summed E-state index contributed by atoms with van der Waals surface area (Å²) < 4.78 is 0. The van der Waals surface area contributed by atoms with Gasteiger partial charge in [0.2, 0.25) is 0 Å². The van der Waals surface area contributed by atoms with E-state index in [0.29, 0.717) is 0 Å². The van der Waals surface area contributed by atoms with Gasteiger partial charge in [0.15, 0.2) is 0 Å². The van der Waals surface area contributed by atoms with E-state index in [-0.39, 0.29) is 0 Å². The second-order valence-corrected chi connectivity index (χ2v) is 5.50. The van der Waals surface area contributed by atoms with Crippen LogP contribution >= 0.6 is 0 Å². The van der Waals surface area contributed by atoms with Crippen LogP contribution in [0.1, 0.15) is 11.1 Å². The molecule has 0 saturated carbocycles. The third kappa shape index (κ3) is 1.42. The molecular weight excluding hydrogens is 240 g/mol. The molecule has 0 aliphatic carbocycles. The van der Waals surface area contributed by atoms with Crippen LogP contribution in [0.3, 0.4) is 0 Å². The number of fused-ring (bicyclic) bond motifs is 5. The minimum atomic E-state index is 1.32. The maximum Gasteiger partial charge on any atom is -0.00670 e. The lowest BCUT2D eigenvalue weighted by Crippen LogP contribution is -1.89. The summed E-state index contributed by atoms with van der Waals surface area (Å²) in [6, 6.07) is 21.9. The molecule has 0 heteroatoms. The molecule has 96 valence electrons. The van der Waals surface area contributed by atoms with E-state index in [0.717, 1.165) is 0 Å². The Balaban J connectivity index is 2.39. The van der Waals surface area contributed by atoms with E-state index in [2.05, 4.69) is 74.5 Å². The maximum absolute atomic E-state index is 2.27. The second-order valence-electron chi connectivity index (χ2n) is 5.50. The van der Waals surface area contributed by atoms with Crippen LogP contribution in [-0.4, -0.2) is 0 Å². The summed E-state index contributed by atoms with van der Waals surface area (Å²) in [5.74, 6) is 0. The molecule has 20 heavy (non-hydrogen) atoms. The summed E-state index contributed by atoms with van der Waals surface area (Å²) in [5, 5.41) is 8.17. The van der Waals surface area contributed by atoms with Gasteiger partial charge in [0.05, 0.1) is 0 Å². The van der Waals surface area contributed by atoms with Gasteiger partial charge in [-0.15, -0.1) is 0 Å². The maximum atomic E-state index is 2.27. The highest BCUT2D eigenvalue weighted by Crippen LogP contribution is 2.36. The van der Waals surface area contributed by atoms with Crippen LogP contribution in [0.2, 0.25) is 0 Å². The molecule has 0 radical (unpaired) electrons. The van der Waals surface area contributed by atoms with Crippen molar-refractivity contribution in [2.24, 2.45) is 0 Å². The summed E-state index contributed by atoms with van der Waals surface area (Å²) in [5.41, 5.74) is 2.79. The predicted octanol–water partition coefficient (Wildman–Crippen LogP) is 5.76. The first kappa shape index (κ1) is 11.5. The highest BCUT2D eigenvalue weighted by Gasteiger charge is 2.10. The van der Waals surface area contributed by atoms with Crippen molar-refractivity contribution in [3.8, 4) is 0 Å². The van der Waals surface area contributed by atoms with Gasteiger partial charge >= 0.3 is 0 Å². The van der Waals surface area contributed by atoms with Gasteiger partial charge in [-0.05, 0) is 57.3 Å². The van der Waals surface area contributed by atoms with Crippen molar-refractivity contribution in [3.63, 3.8) is 0 Å². The molecule has 0 bridgehead atoms. The molecule has 0 aliphatic heterocycles. The van der Waals surface area contributed by atoms with Gasteiger partial charge in [-0.1, -0.05) is 60.7 Å². The van der Waals surface area contributed by atoms with Crippen molar-refractivity contribution in [1.29, 1.82) is 0 Å². The molecule has 0 spiro atoms. The van der Waals surface area contributed by atoms with Crippen LogP contribution in [0, 0.1) is 13.8 Å². The van der Waals surface area contributed by atoms with E-state index >= 15 is 0 Å². The van der Waals surface area contributed by atoms with Gasteiger partial charge in [0, 0.05) is 0 Å². The number of hydrogen-bond donors (Lipinski definition) is 0. The largest absolute Gasteiger partial charge is 0.0616 e. The molecule has 0 aliphatic rings.